The minimum absolute atomic E-state index is 0.282. The van der Waals surface area contributed by atoms with Crippen LogP contribution in [0.25, 0.3) is 0 Å². The monoisotopic (exact) mass is 438 g/mol. The Kier molecular flexibility index (Phi) is 9.29. The number of hydrogen-bond acceptors (Lipinski definition) is 3. The molecule has 0 amide bonds. The molecular formula is C30H30O3. The quantitative estimate of drug-likeness (QED) is 0.262. The maximum absolute atomic E-state index is 10.9. The number of esters is 1. The molecule has 0 aliphatic heterocycles. The summed E-state index contributed by atoms with van der Waals surface area (Å²) in [5, 5.41) is 9.31. The second kappa shape index (κ2) is 12.9. The number of aromatic hydroxyl groups is 1. The van der Waals surface area contributed by atoms with Gasteiger partial charge < -0.3 is 9.84 Å². The number of ether oxygens (including phenoxy) is 1. The number of hydrogen-bond donors (Lipinski definition) is 1. The molecule has 0 aliphatic carbocycles. The van der Waals surface area contributed by atoms with E-state index in [1.54, 1.807) is 12.1 Å². The highest BCUT2D eigenvalue weighted by molar-refractivity contribution is 5.69. The Morgan fingerprint density at radius 3 is 1.58 bits per heavy atom. The molecule has 1 N–H and O–H groups in total. The lowest BCUT2D eigenvalue weighted by molar-refractivity contribution is -0.131. The maximum Gasteiger partial charge on any atom is 0.308 e. The van der Waals surface area contributed by atoms with Crippen molar-refractivity contribution in [2.45, 2.75) is 32.6 Å². The number of phenolic OH excluding ortho intramolecular Hbond substituents is 1. The number of phenols is 1. The molecule has 0 saturated carbocycles. The van der Waals surface area contributed by atoms with Gasteiger partial charge in [0, 0.05) is 6.92 Å². The maximum atomic E-state index is 10.9. The Morgan fingerprint density at radius 2 is 1.06 bits per heavy atom. The number of rotatable bonds is 7. The summed E-state index contributed by atoms with van der Waals surface area (Å²) in [4.78, 5) is 10.9. The van der Waals surface area contributed by atoms with Gasteiger partial charge >= 0.3 is 5.97 Å². The zero-order valence-corrected chi connectivity index (χ0v) is 19.0. The summed E-state index contributed by atoms with van der Waals surface area (Å²) in [5.74, 6) is 0.684. The predicted octanol–water partition coefficient (Wildman–Crippen LogP) is 6.57. The molecule has 0 unspecified atom stereocenters. The van der Waals surface area contributed by atoms with Gasteiger partial charge in [0.25, 0.3) is 0 Å². The summed E-state index contributed by atoms with van der Waals surface area (Å²) in [7, 11) is 0. The second-order valence-electron chi connectivity index (χ2n) is 7.88. The van der Waals surface area contributed by atoms with Gasteiger partial charge in [-0.15, -0.1) is 0 Å². The molecule has 4 rings (SSSR count). The molecule has 0 radical (unpaired) electrons. The third-order valence-corrected chi connectivity index (χ3v) is 5.16. The molecule has 0 aliphatic rings. The molecule has 0 heterocycles. The van der Waals surface area contributed by atoms with Crippen molar-refractivity contribution in [1.82, 2.24) is 0 Å². The molecule has 168 valence electrons. The molecule has 0 spiro atoms. The number of carbonyl (C=O) groups excluding carboxylic acids is 1. The van der Waals surface area contributed by atoms with Gasteiger partial charge in [-0.05, 0) is 72.2 Å². The van der Waals surface area contributed by atoms with Crippen LogP contribution in [0.15, 0.2) is 109 Å². The van der Waals surface area contributed by atoms with Crippen LogP contribution in [0.2, 0.25) is 0 Å². The fourth-order valence-electron chi connectivity index (χ4n) is 3.51. The van der Waals surface area contributed by atoms with Gasteiger partial charge in [0.05, 0.1) is 0 Å². The highest BCUT2D eigenvalue weighted by atomic mass is 16.5. The van der Waals surface area contributed by atoms with Gasteiger partial charge in [-0.1, -0.05) is 84.9 Å². The molecule has 0 saturated heterocycles. The first-order valence-corrected chi connectivity index (χ1v) is 11.2. The molecule has 3 heteroatoms. The van der Waals surface area contributed by atoms with Crippen molar-refractivity contribution < 1.29 is 14.6 Å². The Balaban J connectivity index is 0.000000189. The zero-order chi connectivity index (χ0) is 23.3. The Labute approximate surface area is 196 Å². The van der Waals surface area contributed by atoms with Crippen molar-refractivity contribution in [3.05, 3.63) is 131 Å². The van der Waals surface area contributed by atoms with Crippen molar-refractivity contribution in [2.75, 3.05) is 0 Å². The van der Waals surface area contributed by atoms with E-state index in [-0.39, 0.29) is 5.97 Å². The predicted molar refractivity (Wildman–Crippen MR) is 134 cm³/mol. The van der Waals surface area contributed by atoms with E-state index < -0.39 is 0 Å². The van der Waals surface area contributed by atoms with Crippen LogP contribution in [0.1, 0.15) is 29.2 Å². The summed E-state index contributed by atoms with van der Waals surface area (Å²) in [6.07, 6.45) is 3.92. The van der Waals surface area contributed by atoms with E-state index in [4.69, 9.17) is 4.74 Å². The summed E-state index contributed by atoms with van der Waals surface area (Å²) >= 11 is 0. The minimum atomic E-state index is -0.282. The lowest BCUT2D eigenvalue weighted by Crippen LogP contribution is -2.01. The first-order valence-electron chi connectivity index (χ1n) is 11.2. The van der Waals surface area contributed by atoms with Crippen LogP contribution in [-0.2, 0) is 30.5 Å². The standard InChI is InChI=1S/C16H16O2.C14H14O/c1-13(17)18-16-9-5-8-15(12-16)11-10-14-6-3-2-4-7-14;15-14-8-4-7-13(11-14)10-9-12-5-2-1-3-6-12/h2-9,12H,10-11H2,1H3;1-8,11,15H,9-10H2. The molecular weight excluding hydrogens is 408 g/mol. The molecule has 4 aromatic rings. The Morgan fingerprint density at radius 1 is 0.606 bits per heavy atom. The Bertz CT molecular complexity index is 1120. The van der Waals surface area contributed by atoms with E-state index in [0.29, 0.717) is 11.5 Å². The van der Waals surface area contributed by atoms with Crippen LogP contribution in [0, 0.1) is 0 Å². The van der Waals surface area contributed by atoms with Crippen LogP contribution in [-0.4, -0.2) is 11.1 Å². The molecule has 0 fully saturated rings. The molecule has 0 bridgehead atoms. The average molecular weight is 439 g/mol. The van der Waals surface area contributed by atoms with Gasteiger partial charge in [-0.3, -0.25) is 4.79 Å². The largest absolute Gasteiger partial charge is 0.508 e. The molecule has 0 aromatic heterocycles. The van der Waals surface area contributed by atoms with Crippen molar-refractivity contribution in [1.29, 1.82) is 0 Å². The van der Waals surface area contributed by atoms with Gasteiger partial charge in [0.1, 0.15) is 11.5 Å². The van der Waals surface area contributed by atoms with Crippen molar-refractivity contribution >= 4 is 5.97 Å². The van der Waals surface area contributed by atoms with Gasteiger partial charge in [0.2, 0.25) is 0 Å². The van der Waals surface area contributed by atoms with Gasteiger partial charge in [-0.2, -0.15) is 0 Å². The molecule has 33 heavy (non-hydrogen) atoms. The number of benzene rings is 4. The van der Waals surface area contributed by atoms with Crippen molar-refractivity contribution in [3.63, 3.8) is 0 Å². The van der Waals surface area contributed by atoms with E-state index in [2.05, 4.69) is 42.5 Å². The van der Waals surface area contributed by atoms with Crippen LogP contribution in [0.4, 0.5) is 0 Å². The Hall–Kier alpha value is -3.85. The first-order chi connectivity index (χ1) is 16.1. The minimum Gasteiger partial charge on any atom is -0.508 e. The van der Waals surface area contributed by atoms with Gasteiger partial charge in [0.15, 0.2) is 0 Å². The van der Waals surface area contributed by atoms with E-state index in [1.807, 2.05) is 54.6 Å². The molecule has 4 aromatic carbocycles. The smallest absolute Gasteiger partial charge is 0.308 e. The summed E-state index contributed by atoms with van der Waals surface area (Å²) in [5.41, 5.74) is 5.01. The molecule has 3 nitrogen and oxygen atoms in total. The fourth-order valence-corrected chi connectivity index (χ4v) is 3.51. The lowest BCUT2D eigenvalue weighted by atomic mass is 10.0. The van der Waals surface area contributed by atoms with Gasteiger partial charge in [-0.25, -0.2) is 0 Å². The van der Waals surface area contributed by atoms with Crippen molar-refractivity contribution in [2.24, 2.45) is 0 Å². The van der Waals surface area contributed by atoms with E-state index in [9.17, 15) is 9.90 Å². The third-order valence-electron chi connectivity index (χ3n) is 5.16. The SMILES string of the molecule is CC(=O)Oc1cccc(CCc2ccccc2)c1.Oc1cccc(CCc2ccccc2)c1. The second-order valence-corrected chi connectivity index (χ2v) is 7.88. The van der Waals surface area contributed by atoms with Crippen LogP contribution < -0.4 is 4.74 Å². The average Bonchev–Trinajstić information content (AvgIpc) is 2.83. The number of aryl methyl sites for hydroxylation is 4. The van der Waals surface area contributed by atoms with Crippen LogP contribution in [0.5, 0.6) is 11.5 Å². The first kappa shape index (κ1) is 23.8. The topological polar surface area (TPSA) is 46.5 Å². The summed E-state index contributed by atoms with van der Waals surface area (Å²) < 4.78 is 5.07. The highest BCUT2D eigenvalue weighted by Gasteiger charge is 2.01. The summed E-state index contributed by atoms with van der Waals surface area (Å²) in [6.45, 7) is 1.41. The zero-order valence-electron chi connectivity index (χ0n) is 19.0. The normalized spacial score (nSPS) is 10.1. The summed E-state index contributed by atoms with van der Waals surface area (Å²) in [6, 6.07) is 35.9. The van der Waals surface area contributed by atoms with E-state index in [1.165, 1.54) is 29.2 Å². The van der Waals surface area contributed by atoms with E-state index >= 15 is 0 Å². The fraction of sp³-hybridized carbons (Fsp3) is 0.167. The van der Waals surface area contributed by atoms with E-state index in [0.717, 1.165) is 25.7 Å². The highest BCUT2D eigenvalue weighted by Crippen LogP contribution is 2.16. The lowest BCUT2D eigenvalue weighted by Gasteiger charge is -2.05. The third kappa shape index (κ3) is 9.04. The number of carbonyl (C=O) groups is 1. The van der Waals surface area contributed by atoms with Crippen molar-refractivity contribution in [3.8, 4) is 11.5 Å². The molecule has 0 atom stereocenters. The van der Waals surface area contributed by atoms with Crippen LogP contribution >= 0.6 is 0 Å². The van der Waals surface area contributed by atoms with Crippen LogP contribution in [0.3, 0.4) is 0 Å².